The quantitative estimate of drug-likeness (QED) is 0.439. The molecule has 0 fully saturated rings. The van der Waals surface area contributed by atoms with Crippen LogP contribution in [0.1, 0.15) is 30.9 Å². The molecule has 3 nitrogen and oxygen atoms in total. The highest BCUT2D eigenvalue weighted by Crippen LogP contribution is 2.10. The molecule has 5 heteroatoms. The van der Waals surface area contributed by atoms with E-state index < -0.39 is 0 Å². The van der Waals surface area contributed by atoms with Crippen LogP contribution in [-0.2, 0) is 6.54 Å². The van der Waals surface area contributed by atoms with E-state index >= 15 is 0 Å². The van der Waals surface area contributed by atoms with Crippen molar-refractivity contribution in [1.29, 1.82) is 0 Å². The predicted octanol–water partition coefficient (Wildman–Crippen LogP) is 3.33. The molecule has 0 spiro atoms. The van der Waals surface area contributed by atoms with Crippen LogP contribution in [0.4, 0.5) is 4.39 Å². The molecule has 118 valence electrons. The second-order valence-electron chi connectivity index (χ2n) is 4.91. The first-order chi connectivity index (χ1) is 10.2. The highest BCUT2D eigenvalue weighted by Gasteiger charge is 2.00. The van der Waals surface area contributed by atoms with Gasteiger partial charge in [-0.15, -0.1) is 0 Å². The van der Waals surface area contributed by atoms with Gasteiger partial charge in [0, 0.05) is 13.1 Å². The van der Waals surface area contributed by atoms with E-state index in [4.69, 9.17) is 0 Å². The van der Waals surface area contributed by atoms with Crippen molar-refractivity contribution in [3.05, 3.63) is 35.1 Å². The maximum Gasteiger partial charge on any atom is 0.191 e. The molecule has 0 saturated carbocycles. The summed E-state index contributed by atoms with van der Waals surface area (Å²) in [7, 11) is 0. The molecule has 21 heavy (non-hydrogen) atoms. The molecule has 0 saturated heterocycles. The fourth-order valence-electron chi connectivity index (χ4n) is 1.90. The van der Waals surface area contributed by atoms with E-state index in [0.717, 1.165) is 31.0 Å². The van der Waals surface area contributed by atoms with Crippen molar-refractivity contribution in [3.8, 4) is 0 Å². The predicted molar refractivity (Wildman–Crippen MR) is 91.6 cm³/mol. The van der Waals surface area contributed by atoms with Gasteiger partial charge in [0.05, 0.1) is 6.54 Å². The van der Waals surface area contributed by atoms with E-state index in [0.29, 0.717) is 12.1 Å². The number of aliphatic imine (C=N–C) groups is 1. The number of halogens is 1. The second-order valence-corrected chi connectivity index (χ2v) is 5.89. The lowest BCUT2D eigenvalue weighted by atomic mass is 10.1. The van der Waals surface area contributed by atoms with Gasteiger partial charge in [0.25, 0.3) is 0 Å². The number of benzene rings is 1. The van der Waals surface area contributed by atoms with Crippen LogP contribution in [0.3, 0.4) is 0 Å². The number of rotatable bonds is 8. The first kappa shape index (κ1) is 17.8. The molecule has 0 unspecified atom stereocenters. The van der Waals surface area contributed by atoms with Crippen molar-refractivity contribution in [2.75, 3.05) is 25.1 Å². The summed E-state index contributed by atoms with van der Waals surface area (Å²) in [5.74, 6) is 1.86. The Labute approximate surface area is 131 Å². The van der Waals surface area contributed by atoms with E-state index in [1.807, 2.05) is 24.8 Å². The Morgan fingerprint density at radius 3 is 2.76 bits per heavy atom. The Bertz CT molecular complexity index is 449. The molecule has 0 aromatic heterocycles. The van der Waals surface area contributed by atoms with Gasteiger partial charge in [-0.2, -0.15) is 11.8 Å². The lowest BCUT2D eigenvalue weighted by Gasteiger charge is -2.11. The largest absolute Gasteiger partial charge is 0.357 e. The summed E-state index contributed by atoms with van der Waals surface area (Å²) in [5.41, 5.74) is 1.69. The molecule has 1 aromatic carbocycles. The Hall–Kier alpha value is -1.23. The smallest absolute Gasteiger partial charge is 0.191 e. The van der Waals surface area contributed by atoms with Crippen LogP contribution >= 0.6 is 11.8 Å². The monoisotopic (exact) mass is 311 g/mol. The van der Waals surface area contributed by atoms with Gasteiger partial charge in [0.15, 0.2) is 5.96 Å². The normalized spacial score (nSPS) is 11.5. The standard InChI is InChI=1S/C16H26FN3S/c1-4-18-16(19-9-5-6-10-21-3)20-12-14-7-8-15(17)13(2)11-14/h7-8,11H,4-6,9-10,12H2,1-3H3,(H2,18,19,20). The molecule has 0 bridgehead atoms. The van der Waals surface area contributed by atoms with E-state index in [2.05, 4.69) is 21.9 Å². The lowest BCUT2D eigenvalue weighted by molar-refractivity contribution is 0.617. The van der Waals surface area contributed by atoms with Gasteiger partial charge >= 0.3 is 0 Å². The molecule has 0 aliphatic rings. The highest BCUT2D eigenvalue weighted by molar-refractivity contribution is 7.98. The van der Waals surface area contributed by atoms with Crippen LogP contribution in [0, 0.1) is 12.7 Å². The Balaban J connectivity index is 2.48. The van der Waals surface area contributed by atoms with Gasteiger partial charge in [-0.3, -0.25) is 0 Å². The van der Waals surface area contributed by atoms with E-state index in [1.165, 1.54) is 18.2 Å². The van der Waals surface area contributed by atoms with Gasteiger partial charge in [-0.1, -0.05) is 12.1 Å². The van der Waals surface area contributed by atoms with Crippen molar-refractivity contribution in [1.82, 2.24) is 10.6 Å². The van der Waals surface area contributed by atoms with E-state index in [-0.39, 0.29) is 5.82 Å². The molecule has 0 amide bonds. The summed E-state index contributed by atoms with van der Waals surface area (Å²) in [6, 6.07) is 5.14. The Kier molecular flexibility index (Phi) is 8.90. The average Bonchev–Trinajstić information content (AvgIpc) is 2.48. The van der Waals surface area contributed by atoms with Gasteiger partial charge in [0.1, 0.15) is 5.82 Å². The first-order valence-corrected chi connectivity index (χ1v) is 8.83. The highest BCUT2D eigenvalue weighted by atomic mass is 32.2. The number of aryl methyl sites for hydroxylation is 1. The Morgan fingerprint density at radius 2 is 2.10 bits per heavy atom. The SMILES string of the molecule is CCNC(=NCc1ccc(F)c(C)c1)NCCCCSC. The third kappa shape index (κ3) is 7.37. The molecule has 0 aliphatic carbocycles. The number of unbranched alkanes of at least 4 members (excludes halogenated alkanes) is 1. The summed E-state index contributed by atoms with van der Waals surface area (Å²) >= 11 is 1.88. The number of nitrogens with one attached hydrogen (secondary N) is 2. The van der Waals surface area contributed by atoms with E-state index in [1.54, 1.807) is 13.0 Å². The first-order valence-electron chi connectivity index (χ1n) is 7.43. The second kappa shape index (κ2) is 10.5. The topological polar surface area (TPSA) is 36.4 Å². The maximum absolute atomic E-state index is 13.2. The minimum Gasteiger partial charge on any atom is -0.357 e. The van der Waals surface area contributed by atoms with Gasteiger partial charge < -0.3 is 10.6 Å². The minimum atomic E-state index is -0.165. The summed E-state index contributed by atoms with van der Waals surface area (Å²) < 4.78 is 13.2. The zero-order valence-electron chi connectivity index (χ0n) is 13.2. The Morgan fingerprint density at radius 1 is 1.29 bits per heavy atom. The van der Waals surface area contributed by atoms with Crippen molar-refractivity contribution in [2.45, 2.75) is 33.2 Å². The number of thioether (sulfide) groups is 1. The fourth-order valence-corrected chi connectivity index (χ4v) is 2.39. The summed E-state index contributed by atoms with van der Waals surface area (Å²) in [6.07, 6.45) is 4.48. The number of guanidine groups is 1. The molecule has 0 atom stereocenters. The third-order valence-electron chi connectivity index (χ3n) is 3.05. The summed E-state index contributed by atoms with van der Waals surface area (Å²) in [5, 5.41) is 6.56. The zero-order chi connectivity index (χ0) is 15.5. The molecule has 0 heterocycles. The molecule has 0 aliphatic heterocycles. The van der Waals surface area contributed by atoms with Crippen LogP contribution in [0.2, 0.25) is 0 Å². The lowest BCUT2D eigenvalue weighted by Crippen LogP contribution is -2.37. The molecule has 1 rings (SSSR count). The van der Waals surface area contributed by atoms with Crippen LogP contribution < -0.4 is 10.6 Å². The van der Waals surface area contributed by atoms with Crippen LogP contribution in [0.5, 0.6) is 0 Å². The fraction of sp³-hybridized carbons (Fsp3) is 0.562. The zero-order valence-corrected chi connectivity index (χ0v) is 14.0. The van der Waals surface area contributed by atoms with Crippen molar-refractivity contribution in [2.24, 2.45) is 4.99 Å². The number of hydrogen-bond donors (Lipinski definition) is 2. The molecular weight excluding hydrogens is 285 g/mol. The average molecular weight is 311 g/mol. The van der Waals surface area contributed by atoms with Gasteiger partial charge in [-0.25, -0.2) is 9.38 Å². The van der Waals surface area contributed by atoms with Crippen LogP contribution in [-0.4, -0.2) is 31.1 Å². The van der Waals surface area contributed by atoms with Gasteiger partial charge in [0.2, 0.25) is 0 Å². The molecule has 2 N–H and O–H groups in total. The van der Waals surface area contributed by atoms with Crippen molar-refractivity contribution in [3.63, 3.8) is 0 Å². The number of hydrogen-bond acceptors (Lipinski definition) is 2. The third-order valence-corrected chi connectivity index (χ3v) is 3.75. The molecule has 0 radical (unpaired) electrons. The maximum atomic E-state index is 13.2. The van der Waals surface area contributed by atoms with Crippen molar-refractivity contribution < 1.29 is 4.39 Å². The molecular formula is C16H26FN3S. The minimum absolute atomic E-state index is 0.165. The van der Waals surface area contributed by atoms with Crippen molar-refractivity contribution >= 4 is 17.7 Å². The van der Waals surface area contributed by atoms with Crippen LogP contribution in [0.25, 0.3) is 0 Å². The summed E-state index contributed by atoms with van der Waals surface area (Å²) in [4.78, 5) is 4.54. The van der Waals surface area contributed by atoms with Gasteiger partial charge in [-0.05, 0) is 55.9 Å². The van der Waals surface area contributed by atoms with E-state index in [9.17, 15) is 4.39 Å². The summed E-state index contributed by atoms with van der Waals surface area (Å²) in [6.45, 7) is 6.14. The molecule has 1 aromatic rings. The number of nitrogens with zero attached hydrogens (tertiary/aromatic N) is 1. The van der Waals surface area contributed by atoms with Crippen LogP contribution in [0.15, 0.2) is 23.2 Å².